The number of anilines is 1. The van der Waals surface area contributed by atoms with Gasteiger partial charge in [0.2, 0.25) is 0 Å². The Morgan fingerprint density at radius 1 is 1.25 bits per heavy atom. The van der Waals surface area contributed by atoms with Gasteiger partial charge in [0.1, 0.15) is 5.75 Å². The molecule has 2 aromatic carbocycles. The molecular weight excluding hydrogens is 394 g/mol. The maximum Gasteiger partial charge on any atom is 0.191 e. The van der Waals surface area contributed by atoms with E-state index in [9.17, 15) is 5.11 Å². The van der Waals surface area contributed by atoms with Crippen LogP contribution < -0.4 is 20.2 Å². The van der Waals surface area contributed by atoms with E-state index in [1.54, 1.807) is 25.5 Å². The Balaban J connectivity index is 1.98. The highest BCUT2D eigenvalue weighted by Gasteiger charge is 2.07. The molecule has 0 aliphatic heterocycles. The molecule has 2 aromatic rings. The molecule has 0 unspecified atom stereocenters. The summed E-state index contributed by atoms with van der Waals surface area (Å²) in [7, 11) is 3.08. The van der Waals surface area contributed by atoms with Crippen molar-refractivity contribution in [1.82, 2.24) is 5.43 Å². The largest absolute Gasteiger partial charge is 0.503 e. The molecule has 24 heavy (non-hydrogen) atoms. The second-order valence-electron chi connectivity index (χ2n) is 4.61. The smallest absolute Gasteiger partial charge is 0.191 e. The first-order valence-electron chi connectivity index (χ1n) is 6.84. The van der Waals surface area contributed by atoms with E-state index in [0.717, 1.165) is 17.0 Å². The number of aromatic hydroxyl groups is 1. The lowest BCUT2D eigenvalue weighted by molar-refractivity contribution is 0.372. The number of ether oxygens (including phenoxy) is 2. The summed E-state index contributed by atoms with van der Waals surface area (Å²) in [6.45, 7) is 0. The highest BCUT2D eigenvalue weighted by Crippen LogP contribution is 2.34. The minimum Gasteiger partial charge on any atom is -0.503 e. The average Bonchev–Trinajstić information content (AvgIpc) is 2.58. The number of benzene rings is 2. The molecule has 0 heterocycles. The van der Waals surface area contributed by atoms with Crippen LogP contribution in [0.4, 0.5) is 5.69 Å². The molecule has 0 saturated carbocycles. The Hall–Kier alpha value is -2.32. The van der Waals surface area contributed by atoms with Crippen LogP contribution in [0.1, 0.15) is 5.56 Å². The van der Waals surface area contributed by atoms with E-state index in [2.05, 4.69) is 31.8 Å². The van der Waals surface area contributed by atoms with Gasteiger partial charge in [-0.25, -0.2) is 0 Å². The summed E-state index contributed by atoms with van der Waals surface area (Å²) in [5, 5.41) is 17.2. The van der Waals surface area contributed by atoms with Crippen LogP contribution in [-0.2, 0) is 0 Å². The summed E-state index contributed by atoms with van der Waals surface area (Å²) in [4.78, 5) is 0. The number of rotatable bonds is 5. The third kappa shape index (κ3) is 4.84. The molecular formula is C16H16BrN3O3S. The van der Waals surface area contributed by atoms with E-state index < -0.39 is 0 Å². The van der Waals surface area contributed by atoms with Crippen molar-refractivity contribution in [2.45, 2.75) is 0 Å². The van der Waals surface area contributed by atoms with Crippen LogP contribution in [0.25, 0.3) is 0 Å². The monoisotopic (exact) mass is 409 g/mol. The molecule has 0 fully saturated rings. The maximum absolute atomic E-state index is 9.77. The molecule has 0 spiro atoms. The van der Waals surface area contributed by atoms with Crippen molar-refractivity contribution in [3.63, 3.8) is 0 Å². The van der Waals surface area contributed by atoms with Crippen LogP contribution in [0.2, 0.25) is 0 Å². The van der Waals surface area contributed by atoms with Gasteiger partial charge in [-0.15, -0.1) is 0 Å². The Morgan fingerprint density at radius 3 is 2.75 bits per heavy atom. The van der Waals surface area contributed by atoms with Gasteiger partial charge < -0.3 is 19.9 Å². The van der Waals surface area contributed by atoms with Crippen molar-refractivity contribution < 1.29 is 14.6 Å². The number of phenolic OH excluding ortho intramolecular Hbond substituents is 1. The minimum absolute atomic E-state index is 0.0396. The standard InChI is InChI=1S/C16H16BrN3O3S/c1-22-12-5-3-4-11(8-12)19-16(24)20-18-9-10-6-13(17)15(21)14(7-10)23-2/h3-9,21H,1-2H3,(H2,19,20,24)/b18-9+. The van der Waals surface area contributed by atoms with Gasteiger partial charge in [0.25, 0.3) is 0 Å². The molecule has 6 nitrogen and oxygen atoms in total. The van der Waals surface area contributed by atoms with Crippen molar-refractivity contribution in [2.24, 2.45) is 5.10 Å². The lowest BCUT2D eigenvalue weighted by Gasteiger charge is -2.08. The number of hydrogen-bond acceptors (Lipinski definition) is 5. The number of halogens is 1. The summed E-state index contributed by atoms with van der Waals surface area (Å²) >= 11 is 8.43. The molecule has 0 bridgehead atoms. The fraction of sp³-hybridized carbons (Fsp3) is 0.125. The van der Waals surface area contributed by atoms with Crippen molar-refractivity contribution in [1.29, 1.82) is 0 Å². The first-order valence-corrected chi connectivity index (χ1v) is 8.04. The van der Waals surface area contributed by atoms with Crippen molar-refractivity contribution >= 4 is 45.2 Å². The lowest BCUT2D eigenvalue weighted by atomic mass is 10.2. The zero-order chi connectivity index (χ0) is 17.5. The molecule has 0 amide bonds. The molecule has 3 N–H and O–H groups in total. The van der Waals surface area contributed by atoms with Gasteiger partial charge in [0.15, 0.2) is 16.6 Å². The predicted octanol–water partition coefficient (Wildman–Crippen LogP) is 3.49. The van der Waals surface area contributed by atoms with Gasteiger partial charge in [-0.05, 0) is 58.0 Å². The quantitative estimate of drug-likeness (QED) is 0.398. The average molecular weight is 410 g/mol. The first kappa shape index (κ1) is 18.0. The molecule has 0 aliphatic rings. The third-order valence-electron chi connectivity index (χ3n) is 2.98. The fourth-order valence-electron chi connectivity index (χ4n) is 1.85. The summed E-state index contributed by atoms with van der Waals surface area (Å²) in [5.41, 5.74) is 4.24. The number of nitrogens with one attached hydrogen (secondary N) is 2. The second-order valence-corrected chi connectivity index (χ2v) is 5.87. The van der Waals surface area contributed by atoms with E-state index in [4.69, 9.17) is 21.7 Å². The van der Waals surface area contributed by atoms with Crippen molar-refractivity contribution in [3.8, 4) is 17.2 Å². The van der Waals surface area contributed by atoms with E-state index in [-0.39, 0.29) is 5.75 Å². The van der Waals surface area contributed by atoms with Gasteiger partial charge in [-0.1, -0.05) is 6.07 Å². The Bertz CT molecular complexity index is 768. The Morgan fingerprint density at radius 2 is 2.04 bits per heavy atom. The fourth-order valence-corrected chi connectivity index (χ4v) is 2.48. The molecule has 8 heteroatoms. The highest BCUT2D eigenvalue weighted by molar-refractivity contribution is 9.10. The Labute approximate surface area is 153 Å². The zero-order valence-electron chi connectivity index (χ0n) is 13.0. The van der Waals surface area contributed by atoms with E-state index in [1.807, 2.05) is 24.3 Å². The molecule has 0 saturated heterocycles. The lowest BCUT2D eigenvalue weighted by Crippen LogP contribution is -2.23. The highest BCUT2D eigenvalue weighted by atomic mass is 79.9. The zero-order valence-corrected chi connectivity index (χ0v) is 15.4. The summed E-state index contributed by atoms with van der Waals surface area (Å²) in [6, 6.07) is 10.7. The van der Waals surface area contributed by atoms with Crippen molar-refractivity contribution in [3.05, 3.63) is 46.4 Å². The molecule has 0 atom stereocenters. The van der Waals surface area contributed by atoms with Crippen molar-refractivity contribution in [2.75, 3.05) is 19.5 Å². The van der Waals surface area contributed by atoms with E-state index >= 15 is 0 Å². The minimum atomic E-state index is 0.0396. The van der Waals surface area contributed by atoms with E-state index in [0.29, 0.717) is 15.3 Å². The Kier molecular flexibility index (Phi) is 6.39. The van der Waals surface area contributed by atoms with Crippen LogP contribution in [0.15, 0.2) is 46.0 Å². The topological polar surface area (TPSA) is 75.1 Å². The first-order chi connectivity index (χ1) is 11.5. The number of methoxy groups -OCH3 is 2. The van der Waals surface area contributed by atoms with Gasteiger partial charge in [0, 0.05) is 11.8 Å². The number of thiocarbonyl (C=S) groups is 1. The summed E-state index contributed by atoms with van der Waals surface area (Å²) in [5.74, 6) is 1.12. The molecule has 0 aliphatic carbocycles. The summed E-state index contributed by atoms with van der Waals surface area (Å²) < 4.78 is 10.7. The van der Waals surface area contributed by atoms with Gasteiger partial charge in [-0.3, -0.25) is 5.43 Å². The van der Waals surface area contributed by atoms with Gasteiger partial charge >= 0.3 is 0 Å². The third-order valence-corrected chi connectivity index (χ3v) is 3.78. The SMILES string of the molecule is COc1cccc(NC(=S)N/N=C/c2cc(Br)c(O)c(OC)c2)c1. The summed E-state index contributed by atoms with van der Waals surface area (Å²) in [6.07, 6.45) is 1.56. The maximum atomic E-state index is 9.77. The van der Waals surface area contributed by atoms with E-state index in [1.165, 1.54) is 7.11 Å². The van der Waals surface area contributed by atoms with Crippen LogP contribution >= 0.6 is 28.1 Å². The number of hydrogen-bond donors (Lipinski definition) is 3. The number of phenols is 1. The van der Waals surface area contributed by atoms with Gasteiger partial charge in [0.05, 0.1) is 24.9 Å². The van der Waals surface area contributed by atoms with Crippen LogP contribution in [0, 0.1) is 0 Å². The van der Waals surface area contributed by atoms with Crippen LogP contribution in [-0.4, -0.2) is 30.7 Å². The molecule has 126 valence electrons. The predicted molar refractivity (Wildman–Crippen MR) is 102 cm³/mol. The molecule has 0 aromatic heterocycles. The van der Waals surface area contributed by atoms with Crippen LogP contribution in [0.3, 0.4) is 0 Å². The second kappa shape index (κ2) is 8.51. The number of hydrazone groups is 1. The van der Waals surface area contributed by atoms with Gasteiger partial charge in [-0.2, -0.15) is 5.10 Å². The molecule has 0 radical (unpaired) electrons. The molecule has 2 rings (SSSR count). The normalized spacial score (nSPS) is 10.5. The number of nitrogens with zero attached hydrogens (tertiary/aromatic N) is 1. The van der Waals surface area contributed by atoms with Crippen LogP contribution in [0.5, 0.6) is 17.2 Å².